The number of hydrogen-bond donors (Lipinski definition) is 1. The Hall–Kier alpha value is -1.67. The molecular formula is C16H17ClFNO4S. The maximum absolute atomic E-state index is 13.2. The summed E-state index contributed by atoms with van der Waals surface area (Å²) in [5.41, 5.74) is 0.761. The maximum atomic E-state index is 13.2. The van der Waals surface area contributed by atoms with Gasteiger partial charge in [-0.25, -0.2) is 17.5 Å². The van der Waals surface area contributed by atoms with E-state index in [1.54, 1.807) is 31.4 Å². The van der Waals surface area contributed by atoms with Crippen molar-refractivity contribution in [2.24, 2.45) is 0 Å². The van der Waals surface area contributed by atoms with Gasteiger partial charge in [0.2, 0.25) is 10.0 Å². The number of hydrogen-bond acceptors (Lipinski definition) is 4. The molecule has 1 atom stereocenters. The standard InChI is InChI=1S/C16H17ClFNO4S/c1-22-12-5-3-4-11(8-12)16(23-2)10-19-24(20,21)13-6-7-15(18)14(17)9-13/h3-9,16,19H,10H2,1-2H3/t16-/m1/s1. The van der Waals surface area contributed by atoms with Crippen LogP contribution in [0.2, 0.25) is 5.02 Å². The molecule has 0 amide bonds. The van der Waals surface area contributed by atoms with E-state index in [2.05, 4.69) is 4.72 Å². The molecular weight excluding hydrogens is 357 g/mol. The Morgan fingerprint density at radius 3 is 2.58 bits per heavy atom. The topological polar surface area (TPSA) is 64.6 Å². The fraction of sp³-hybridized carbons (Fsp3) is 0.250. The van der Waals surface area contributed by atoms with Crippen molar-refractivity contribution >= 4 is 21.6 Å². The molecule has 0 fully saturated rings. The molecule has 0 bridgehead atoms. The van der Waals surface area contributed by atoms with Gasteiger partial charge in [0, 0.05) is 13.7 Å². The molecule has 0 spiro atoms. The highest BCUT2D eigenvalue weighted by atomic mass is 35.5. The zero-order valence-electron chi connectivity index (χ0n) is 13.1. The van der Waals surface area contributed by atoms with Crippen molar-refractivity contribution in [1.29, 1.82) is 0 Å². The first-order valence-electron chi connectivity index (χ1n) is 6.99. The molecule has 2 rings (SSSR count). The van der Waals surface area contributed by atoms with Gasteiger partial charge in [0.25, 0.3) is 0 Å². The van der Waals surface area contributed by atoms with Crippen LogP contribution in [0, 0.1) is 5.82 Å². The van der Waals surface area contributed by atoms with Crippen molar-refractivity contribution in [3.63, 3.8) is 0 Å². The van der Waals surface area contributed by atoms with E-state index in [4.69, 9.17) is 21.1 Å². The van der Waals surface area contributed by atoms with Gasteiger partial charge in [-0.05, 0) is 35.9 Å². The monoisotopic (exact) mass is 373 g/mol. The summed E-state index contributed by atoms with van der Waals surface area (Å²) in [6.07, 6.45) is -0.509. The Bertz CT molecular complexity index is 813. The molecule has 2 aromatic carbocycles. The zero-order valence-corrected chi connectivity index (χ0v) is 14.7. The quantitative estimate of drug-likeness (QED) is 0.809. The number of sulfonamides is 1. The lowest BCUT2D eigenvalue weighted by molar-refractivity contribution is 0.107. The first-order valence-corrected chi connectivity index (χ1v) is 8.85. The van der Waals surface area contributed by atoms with E-state index in [1.807, 2.05) is 0 Å². The van der Waals surface area contributed by atoms with E-state index in [0.717, 1.165) is 23.8 Å². The lowest BCUT2D eigenvalue weighted by Gasteiger charge is -2.17. The van der Waals surface area contributed by atoms with Crippen molar-refractivity contribution in [3.8, 4) is 5.75 Å². The van der Waals surface area contributed by atoms with E-state index in [9.17, 15) is 12.8 Å². The molecule has 8 heteroatoms. The normalized spacial score (nSPS) is 12.8. The van der Waals surface area contributed by atoms with E-state index < -0.39 is 21.9 Å². The minimum Gasteiger partial charge on any atom is -0.497 e. The van der Waals surface area contributed by atoms with Gasteiger partial charge in [-0.1, -0.05) is 23.7 Å². The second kappa shape index (κ2) is 7.94. The van der Waals surface area contributed by atoms with Gasteiger partial charge < -0.3 is 9.47 Å². The number of rotatable bonds is 7. The van der Waals surface area contributed by atoms with E-state index in [0.29, 0.717) is 5.75 Å². The Labute approximate surface area is 145 Å². The first-order chi connectivity index (χ1) is 11.4. The Morgan fingerprint density at radius 2 is 1.96 bits per heavy atom. The molecule has 0 aromatic heterocycles. The number of methoxy groups -OCH3 is 2. The Kier molecular flexibility index (Phi) is 6.17. The molecule has 0 saturated heterocycles. The van der Waals surface area contributed by atoms with Crippen molar-refractivity contribution in [2.45, 2.75) is 11.0 Å². The van der Waals surface area contributed by atoms with Crippen LogP contribution >= 0.6 is 11.6 Å². The van der Waals surface area contributed by atoms with Crippen LogP contribution in [0.3, 0.4) is 0 Å². The van der Waals surface area contributed by atoms with Crippen molar-refractivity contribution < 1.29 is 22.3 Å². The second-order valence-electron chi connectivity index (χ2n) is 4.93. The molecule has 0 aliphatic rings. The van der Waals surface area contributed by atoms with Crippen LogP contribution in [0.5, 0.6) is 5.75 Å². The maximum Gasteiger partial charge on any atom is 0.240 e. The first kappa shape index (κ1) is 18.7. The van der Waals surface area contributed by atoms with Crippen LogP contribution in [0.25, 0.3) is 0 Å². The minimum absolute atomic E-state index is 0.000989. The summed E-state index contributed by atoms with van der Waals surface area (Å²) >= 11 is 5.63. The lowest BCUT2D eigenvalue weighted by atomic mass is 10.1. The molecule has 0 unspecified atom stereocenters. The SMILES string of the molecule is COc1cccc([C@@H](CNS(=O)(=O)c2ccc(F)c(Cl)c2)OC)c1. The highest BCUT2D eigenvalue weighted by Crippen LogP contribution is 2.23. The summed E-state index contributed by atoms with van der Waals surface area (Å²) in [6.45, 7) is 0.000989. The molecule has 2 aromatic rings. The predicted octanol–water partition coefficient (Wildman–Crippen LogP) is 3.15. The summed E-state index contributed by atoms with van der Waals surface area (Å²) in [5, 5.41) is -0.256. The largest absolute Gasteiger partial charge is 0.497 e. The van der Waals surface area contributed by atoms with E-state index in [1.165, 1.54) is 7.11 Å². The average Bonchev–Trinajstić information content (AvgIpc) is 2.58. The lowest BCUT2D eigenvalue weighted by Crippen LogP contribution is -2.29. The molecule has 1 N–H and O–H groups in total. The molecule has 0 aliphatic carbocycles. The fourth-order valence-corrected chi connectivity index (χ4v) is 3.39. The second-order valence-corrected chi connectivity index (χ2v) is 7.10. The minimum atomic E-state index is -3.84. The van der Waals surface area contributed by atoms with Crippen LogP contribution in [-0.4, -0.2) is 29.2 Å². The Balaban J connectivity index is 2.15. The smallest absolute Gasteiger partial charge is 0.240 e. The fourth-order valence-electron chi connectivity index (χ4n) is 2.09. The highest BCUT2D eigenvalue weighted by Gasteiger charge is 2.19. The Morgan fingerprint density at radius 1 is 1.21 bits per heavy atom. The molecule has 24 heavy (non-hydrogen) atoms. The summed E-state index contributed by atoms with van der Waals surface area (Å²) < 4.78 is 50.7. The van der Waals surface area contributed by atoms with Gasteiger partial charge in [-0.3, -0.25) is 0 Å². The van der Waals surface area contributed by atoms with Crippen molar-refractivity contribution in [2.75, 3.05) is 20.8 Å². The third-order valence-corrected chi connectivity index (χ3v) is 5.12. The molecule has 0 heterocycles. The van der Waals surface area contributed by atoms with Gasteiger partial charge in [0.1, 0.15) is 11.6 Å². The molecule has 5 nitrogen and oxygen atoms in total. The third kappa shape index (κ3) is 4.45. The summed E-state index contributed by atoms with van der Waals surface area (Å²) in [4.78, 5) is -0.116. The average molecular weight is 374 g/mol. The van der Waals surface area contributed by atoms with Crippen LogP contribution in [0.1, 0.15) is 11.7 Å². The van der Waals surface area contributed by atoms with Gasteiger partial charge in [0.05, 0.1) is 23.1 Å². The number of ether oxygens (including phenoxy) is 2. The zero-order chi connectivity index (χ0) is 17.7. The molecule has 0 radical (unpaired) electrons. The molecule has 0 aliphatic heterocycles. The summed E-state index contributed by atoms with van der Waals surface area (Å²) in [6, 6.07) is 10.3. The summed E-state index contributed by atoms with van der Waals surface area (Å²) in [5.74, 6) is -0.0375. The molecule has 130 valence electrons. The van der Waals surface area contributed by atoms with Crippen molar-refractivity contribution in [1.82, 2.24) is 4.72 Å². The number of halogens is 2. The van der Waals surface area contributed by atoms with Gasteiger partial charge in [-0.2, -0.15) is 0 Å². The number of benzene rings is 2. The van der Waals surface area contributed by atoms with E-state index >= 15 is 0 Å². The third-order valence-electron chi connectivity index (χ3n) is 3.41. The van der Waals surface area contributed by atoms with Crippen LogP contribution in [0.15, 0.2) is 47.4 Å². The van der Waals surface area contributed by atoms with Gasteiger partial charge in [0.15, 0.2) is 0 Å². The molecule has 0 saturated carbocycles. The van der Waals surface area contributed by atoms with Crippen LogP contribution in [-0.2, 0) is 14.8 Å². The van der Waals surface area contributed by atoms with Gasteiger partial charge in [-0.15, -0.1) is 0 Å². The van der Waals surface area contributed by atoms with Crippen LogP contribution < -0.4 is 9.46 Å². The highest BCUT2D eigenvalue weighted by molar-refractivity contribution is 7.89. The number of nitrogens with one attached hydrogen (secondary N) is 1. The predicted molar refractivity (Wildman–Crippen MR) is 89.3 cm³/mol. The van der Waals surface area contributed by atoms with Crippen molar-refractivity contribution in [3.05, 3.63) is 58.9 Å². The van der Waals surface area contributed by atoms with E-state index in [-0.39, 0.29) is 16.5 Å². The van der Waals surface area contributed by atoms with Gasteiger partial charge >= 0.3 is 0 Å². The van der Waals surface area contributed by atoms with Crippen LogP contribution in [0.4, 0.5) is 4.39 Å². The summed E-state index contributed by atoms with van der Waals surface area (Å²) in [7, 11) is -0.818.